The minimum Gasteiger partial charge on any atom is -0.423 e. The quantitative estimate of drug-likeness (QED) is 0.759. The van der Waals surface area contributed by atoms with Crippen molar-refractivity contribution < 1.29 is 17.6 Å². The summed E-state index contributed by atoms with van der Waals surface area (Å²) in [5.41, 5.74) is 0.0414. The van der Waals surface area contributed by atoms with Crippen LogP contribution in [0, 0.1) is 0 Å². The predicted octanol–water partition coefficient (Wildman–Crippen LogP) is 3.76. The SMILES string of the molecule is FC(F)(F)c1ccc(-n2cccn2)c(NCc2nnc(C3CC3)o2)c1. The number of benzene rings is 1. The number of nitrogens with one attached hydrogen (secondary N) is 1. The van der Waals surface area contributed by atoms with E-state index in [-0.39, 0.29) is 12.2 Å². The van der Waals surface area contributed by atoms with Crippen molar-refractivity contribution in [3.05, 3.63) is 54.0 Å². The number of aromatic nitrogens is 4. The molecule has 0 amide bonds. The molecule has 3 aromatic rings. The van der Waals surface area contributed by atoms with Gasteiger partial charge in [0.25, 0.3) is 0 Å². The van der Waals surface area contributed by atoms with Gasteiger partial charge in [-0.1, -0.05) is 0 Å². The van der Waals surface area contributed by atoms with E-state index in [1.807, 2.05) is 0 Å². The van der Waals surface area contributed by atoms with Gasteiger partial charge in [0.15, 0.2) is 0 Å². The maximum Gasteiger partial charge on any atom is 0.416 e. The molecule has 6 nitrogen and oxygen atoms in total. The molecule has 4 rings (SSSR count). The van der Waals surface area contributed by atoms with E-state index in [1.54, 1.807) is 18.5 Å². The zero-order valence-corrected chi connectivity index (χ0v) is 13.0. The van der Waals surface area contributed by atoms with Gasteiger partial charge in [-0.3, -0.25) is 0 Å². The van der Waals surface area contributed by atoms with Crippen LogP contribution >= 0.6 is 0 Å². The van der Waals surface area contributed by atoms with Gasteiger partial charge >= 0.3 is 6.18 Å². The molecule has 0 unspecified atom stereocenters. The van der Waals surface area contributed by atoms with Crippen LogP contribution in [0.5, 0.6) is 0 Å². The van der Waals surface area contributed by atoms with E-state index < -0.39 is 11.7 Å². The van der Waals surface area contributed by atoms with Gasteiger partial charge in [-0.05, 0) is 37.1 Å². The third-order valence-electron chi connectivity index (χ3n) is 3.91. The number of hydrogen-bond donors (Lipinski definition) is 1. The first-order valence-corrected chi connectivity index (χ1v) is 7.78. The molecule has 9 heteroatoms. The number of nitrogens with zero attached hydrogens (tertiary/aromatic N) is 4. The molecule has 0 bridgehead atoms. The largest absolute Gasteiger partial charge is 0.423 e. The first kappa shape index (κ1) is 15.7. The first-order valence-electron chi connectivity index (χ1n) is 7.78. The van der Waals surface area contributed by atoms with Crippen LogP contribution < -0.4 is 5.32 Å². The molecular weight excluding hydrogens is 335 g/mol. The predicted molar refractivity (Wildman–Crippen MR) is 82.2 cm³/mol. The Bertz CT molecular complexity index is 868. The molecule has 130 valence electrons. The van der Waals surface area contributed by atoms with Gasteiger partial charge in [0.05, 0.1) is 23.5 Å². The van der Waals surface area contributed by atoms with Crippen molar-refractivity contribution in [3.63, 3.8) is 0 Å². The second-order valence-electron chi connectivity index (χ2n) is 5.84. The van der Waals surface area contributed by atoms with Crippen LogP contribution in [-0.4, -0.2) is 20.0 Å². The fourth-order valence-electron chi connectivity index (χ4n) is 2.47. The van der Waals surface area contributed by atoms with E-state index in [2.05, 4.69) is 20.6 Å². The Hall–Kier alpha value is -2.84. The second-order valence-corrected chi connectivity index (χ2v) is 5.84. The molecular formula is C16H14F3N5O. The maximum absolute atomic E-state index is 13.0. The highest BCUT2D eigenvalue weighted by molar-refractivity contribution is 5.62. The van der Waals surface area contributed by atoms with Crippen LogP contribution in [0.1, 0.15) is 36.1 Å². The number of rotatable bonds is 5. The van der Waals surface area contributed by atoms with Gasteiger partial charge in [0.1, 0.15) is 0 Å². The average molecular weight is 349 g/mol. The molecule has 0 aliphatic heterocycles. The first-order chi connectivity index (χ1) is 12.0. The summed E-state index contributed by atoms with van der Waals surface area (Å²) in [5, 5.41) is 14.9. The smallest absolute Gasteiger partial charge is 0.416 e. The summed E-state index contributed by atoms with van der Waals surface area (Å²) in [6, 6.07) is 5.15. The lowest BCUT2D eigenvalue weighted by Gasteiger charge is -2.14. The summed E-state index contributed by atoms with van der Waals surface area (Å²) in [7, 11) is 0. The minimum atomic E-state index is -4.43. The van der Waals surface area contributed by atoms with Crippen LogP contribution in [0.2, 0.25) is 0 Å². The average Bonchev–Trinajstić information content (AvgIpc) is 3.10. The van der Waals surface area contributed by atoms with E-state index in [4.69, 9.17) is 4.42 Å². The molecule has 1 aliphatic rings. The Morgan fingerprint density at radius 2 is 2.08 bits per heavy atom. The molecule has 1 aromatic carbocycles. The van der Waals surface area contributed by atoms with Crippen LogP contribution in [0.3, 0.4) is 0 Å². The Morgan fingerprint density at radius 3 is 2.76 bits per heavy atom. The van der Waals surface area contributed by atoms with Crippen LogP contribution in [0.15, 0.2) is 41.1 Å². The van der Waals surface area contributed by atoms with Gasteiger partial charge in [0, 0.05) is 18.3 Å². The summed E-state index contributed by atoms with van der Waals surface area (Å²) < 4.78 is 46.1. The number of hydrogen-bond acceptors (Lipinski definition) is 5. The molecule has 1 N–H and O–H groups in total. The topological polar surface area (TPSA) is 68.8 Å². The van der Waals surface area contributed by atoms with Crippen molar-refractivity contribution >= 4 is 5.69 Å². The third kappa shape index (κ3) is 3.35. The summed E-state index contributed by atoms with van der Waals surface area (Å²) >= 11 is 0. The van der Waals surface area contributed by atoms with Crippen molar-refractivity contribution in [1.29, 1.82) is 0 Å². The summed E-state index contributed by atoms with van der Waals surface area (Å²) in [5.74, 6) is 1.26. The zero-order chi connectivity index (χ0) is 17.4. The highest BCUT2D eigenvalue weighted by Gasteiger charge is 2.31. The molecule has 0 saturated heterocycles. The standard InChI is InChI=1S/C16H14F3N5O/c17-16(18,19)11-4-5-13(24-7-1-6-21-24)12(8-11)20-9-14-22-23-15(25-14)10-2-3-10/h1,4-8,10,20H,2-3,9H2. The normalized spacial score (nSPS) is 14.7. The van der Waals surface area contributed by atoms with Crippen molar-refractivity contribution in [2.75, 3.05) is 5.32 Å². The summed E-state index contributed by atoms with van der Waals surface area (Å²) in [6.45, 7) is 0.134. The monoisotopic (exact) mass is 349 g/mol. The summed E-state index contributed by atoms with van der Waals surface area (Å²) in [6.07, 6.45) is 0.855. The molecule has 0 atom stereocenters. The molecule has 1 fully saturated rings. The molecule has 25 heavy (non-hydrogen) atoms. The minimum absolute atomic E-state index is 0.134. The molecule has 1 aliphatic carbocycles. The van der Waals surface area contributed by atoms with Crippen molar-refractivity contribution in [2.24, 2.45) is 0 Å². The fourth-order valence-corrected chi connectivity index (χ4v) is 2.47. The lowest BCUT2D eigenvalue weighted by Crippen LogP contribution is -2.10. The Balaban J connectivity index is 1.60. The Kier molecular flexibility index (Phi) is 3.70. The molecule has 2 aromatic heterocycles. The van der Waals surface area contributed by atoms with Gasteiger partial charge in [-0.2, -0.15) is 18.3 Å². The lowest BCUT2D eigenvalue weighted by atomic mass is 10.1. The Morgan fingerprint density at radius 1 is 1.24 bits per heavy atom. The summed E-state index contributed by atoms with van der Waals surface area (Å²) in [4.78, 5) is 0. The molecule has 0 spiro atoms. The van der Waals surface area contributed by atoms with Gasteiger partial charge in [-0.25, -0.2) is 4.68 Å². The Labute approximate surface area is 140 Å². The van der Waals surface area contributed by atoms with E-state index in [0.717, 1.165) is 25.0 Å². The van der Waals surface area contributed by atoms with E-state index in [0.29, 0.717) is 23.4 Å². The fraction of sp³-hybridized carbons (Fsp3) is 0.312. The third-order valence-corrected chi connectivity index (χ3v) is 3.91. The highest BCUT2D eigenvalue weighted by Crippen LogP contribution is 2.39. The van der Waals surface area contributed by atoms with Crippen LogP contribution in [0.25, 0.3) is 5.69 Å². The molecule has 2 heterocycles. The maximum atomic E-state index is 13.0. The van der Waals surface area contributed by atoms with Crippen LogP contribution in [-0.2, 0) is 12.7 Å². The zero-order valence-electron chi connectivity index (χ0n) is 13.0. The number of alkyl halides is 3. The van der Waals surface area contributed by atoms with E-state index in [9.17, 15) is 13.2 Å². The van der Waals surface area contributed by atoms with Crippen molar-refractivity contribution in [1.82, 2.24) is 20.0 Å². The van der Waals surface area contributed by atoms with Gasteiger partial charge < -0.3 is 9.73 Å². The van der Waals surface area contributed by atoms with E-state index >= 15 is 0 Å². The number of halogens is 3. The molecule has 0 radical (unpaired) electrons. The second kappa shape index (κ2) is 5.91. The van der Waals surface area contributed by atoms with E-state index in [1.165, 1.54) is 10.7 Å². The number of anilines is 1. The lowest BCUT2D eigenvalue weighted by molar-refractivity contribution is -0.137. The highest BCUT2D eigenvalue weighted by atomic mass is 19.4. The van der Waals surface area contributed by atoms with Crippen molar-refractivity contribution in [2.45, 2.75) is 31.5 Å². The van der Waals surface area contributed by atoms with Crippen LogP contribution in [0.4, 0.5) is 18.9 Å². The van der Waals surface area contributed by atoms with Crippen molar-refractivity contribution in [3.8, 4) is 5.69 Å². The van der Waals surface area contributed by atoms with Gasteiger partial charge in [0.2, 0.25) is 11.8 Å². The molecule has 1 saturated carbocycles. The van der Waals surface area contributed by atoms with Gasteiger partial charge in [-0.15, -0.1) is 10.2 Å².